The van der Waals surface area contributed by atoms with Gasteiger partial charge in [0.1, 0.15) is 0 Å². The van der Waals surface area contributed by atoms with Crippen molar-refractivity contribution in [2.24, 2.45) is 5.84 Å². The van der Waals surface area contributed by atoms with Gasteiger partial charge in [0.25, 0.3) is 0 Å². The van der Waals surface area contributed by atoms with Gasteiger partial charge < -0.3 is 4.74 Å². The smallest absolute Gasteiger partial charge is 0.0868 e. The van der Waals surface area contributed by atoms with E-state index in [1.165, 1.54) is 6.42 Å². The second-order valence-corrected chi connectivity index (χ2v) is 4.58. The minimum absolute atomic E-state index is 0.193. The molecule has 0 aliphatic carbocycles. The van der Waals surface area contributed by atoms with E-state index in [1.807, 2.05) is 0 Å². The number of hydrazine groups is 1. The fraction of sp³-hybridized carbons (Fsp3) is 0.846. The van der Waals surface area contributed by atoms with E-state index in [0.717, 1.165) is 45.5 Å². The summed E-state index contributed by atoms with van der Waals surface area (Å²) < 4.78 is 5.80. The molecule has 0 saturated carbocycles. The standard InChI is InChI=1S/C13H25N3O/c1-3-5-6-7-12(15-14)13-11-16(8-4-2)9-10-17-13/h1,12-13,15H,4-11,14H2,2H3. The van der Waals surface area contributed by atoms with Crippen LogP contribution in [0.3, 0.4) is 0 Å². The van der Waals surface area contributed by atoms with Gasteiger partial charge in [-0.05, 0) is 25.8 Å². The Morgan fingerprint density at radius 1 is 1.65 bits per heavy atom. The van der Waals surface area contributed by atoms with Crippen molar-refractivity contribution < 1.29 is 4.74 Å². The van der Waals surface area contributed by atoms with E-state index >= 15 is 0 Å². The van der Waals surface area contributed by atoms with Crippen LogP contribution in [0.2, 0.25) is 0 Å². The van der Waals surface area contributed by atoms with Gasteiger partial charge in [-0.15, -0.1) is 12.3 Å². The van der Waals surface area contributed by atoms with E-state index in [2.05, 4.69) is 23.2 Å². The fourth-order valence-electron chi connectivity index (χ4n) is 2.29. The SMILES string of the molecule is C#CCCCC(NN)C1CN(CCC)CCO1. The van der Waals surface area contributed by atoms with E-state index in [4.69, 9.17) is 17.0 Å². The first kappa shape index (κ1) is 14.5. The molecule has 3 N–H and O–H groups in total. The second-order valence-electron chi connectivity index (χ2n) is 4.58. The lowest BCUT2D eigenvalue weighted by molar-refractivity contribution is -0.0478. The summed E-state index contributed by atoms with van der Waals surface area (Å²) in [6.45, 7) is 6.15. The van der Waals surface area contributed by atoms with E-state index < -0.39 is 0 Å². The van der Waals surface area contributed by atoms with Crippen LogP contribution in [0.25, 0.3) is 0 Å². The molecule has 0 spiro atoms. The summed E-state index contributed by atoms with van der Waals surface area (Å²) in [6, 6.07) is 0.211. The van der Waals surface area contributed by atoms with Crippen LogP contribution in [-0.2, 0) is 4.74 Å². The van der Waals surface area contributed by atoms with Crippen molar-refractivity contribution in [2.45, 2.75) is 44.8 Å². The zero-order chi connectivity index (χ0) is 12.5. The zero-order valence-corrected chi connectivity index (χ0v) is 10.8. The number of morpholine rings is 1. The van der Waals surface area contributed by atoms with Crippen LogP contribution in [0.4, 0.5) is 0 Å². The van der Waals surface area contributed by atoms with E-state index in [-0.39, 0.29) is 12.1 Å². The third-order valence-corrected chi connectivity index (χ3v) is 3.22. The lowest BCUT2D eigenvalue weighted by atomic mass is 10.0. The van der Waals surface area contributed by atoms with Crippen LogP contribution < -0.4 is 11.3 Å². The Morgan fingerprint density at radius 2 is 2.47 bits per heavy atom. The van der Waals surface area contributed by atoms with Gasteiger partial charge in [-0.2, -0.15) is 0 Å². The van der Waals surface area contributed by atoms with Gasteiger partial charge in [0, 0.05) is 25.6 Å². The molecule has 1 aliphatic heterocycles. The molecule has 98 valence electrons. The highest BCUT2D eigenvalue weighted by molar-refractivity contribution is 4.86. The third-order valence-electron chi connectivity index (χ3n) is 3.22. The zero-order valence-electron chi connectivity index (χ0n) is 10.8. The monoisotopic (exact) mass is 239 g/mol. The molecule has 0 aromatic carbocycles. The topological polar surface area (TPSA) is 50.5 Å². The summed E-state index contributed by atoms with van der Waals surface area (Å²) >= 11 is 0. The van der Waals surface area contributed by atoms with Gasteiger partial charge in [-0.25, -0.2) is 0 Å². The molecule has 0 aromatic heterocycles. The highest BCUT2D eigenvalue weighted by Crippen LogP contribution is 2.13. The first-order valence-corrected chi connectivity index (χ1v) is 6.55. The Kier molecular flexibility index (Phi) is 7.22. The third kappa shape index (κ3) is 5.05. The average molecular weight is 239 g/mol. The number of rotatable bonds is 7. The van der Waals surface area contributed by atoms with Crippen LogP contribution in [0, 0.1) is 12.3 Å². The van der Waals surface area contributed by atoms with Crippen LogP contribution in [0.15, 0.2) is 0 Å². The summed E-state index contributed by atoms with van der Waals surface area (Å²) in [5.41, 5.74) is 2.87. The number of ether oxygens (including phenoxy) is 1. The van der Waals surface area contributed by atoms with Gasteiger partial charge in [0.15, 0.2) is 0 Å². The van der Waals surface area contributed by atoms with Gasteiger partial charge >= 0.3 is 0 Å². The van der Waals surface area contributed by atoms with Crippen molar-refractivity contribution in [3.05, 3.63) is 0 Å². The normalized spacial score (nSPS) is 23.2. The molecule has 0 aromatic rings. The van der Waals surface area contributed by atoms with Gasteiger partial charge in [0.2, 0.25) is 0 Å². The number of nitrogens with one attached hydrogen (secondary N) is 1. The van der Waals surface area contributed by atoms with Gasteiger partial charge in [-0.3, -0.25) is 16.2 Å². The molecule has 1 aliphatic rings. The van der Waals surface area contributed by atoms with E-state index in [0.29, 0.717) is 0 Å². The van der Waals surface area contributed by atoms with Crippen LogP contribution in [-0.4, -0.2) is 43.3 Å². The minimum Gasteiger partial charge on any atom is -0.374 e. The Hall–Kier alpha value is -0.600. The number of hydrogen-bond donors (Lipinski definition) is 2. The number of terminal acetylenes is 1. The molecule has 1 saturated heterocycles. The van der Waals surface area contributed by atoms with Gasteiger partial charge in [0.05, 0.1) is 12.7 Å². The molecule has 0 bridgehead atoms. The molecule has 17 heavy (non-hydrogen) atoms. The molecule has 4 heteroatoms. The quantitative estimate of drug-likeness (QED) is 0.298. The number of nitrogens with zero attached hydrogens (tertiary/aromatic N) is 1. The van der Waals surface area contributed by atoms with Crippen LogP contribution in [0.1, 0.15) is 32.6 Å². The van der Waals surface area contributed by atoms with Crippen LogP contribution in [0.5, 0.6) is 0 Å². The molecule has 0 amide bonds. The number of unbranched alkanes of at least 4 members (excludes halogenated alkanes) is 1. The molecule has 2 unspecified atom stereocenters. The highest BCUT2D eigenvalue weighted by atomic mass is 16.5. The Balaban J connectivity index is 2.36. The maximum atomic E-state index is 5.80. The molecule has 1 heterocycles. The summed E-state index contributed by atoms with van der Waals surface area (Å²) in [5, 5.41) is 0. The second kappa shape index (κ2) is 8.48. The highest BCUT2D eigenvalue weighted by Gasteiger charge is 2.26. The lowest BCUT2D eigenvalue weighted by Gasteiger charge is -2.36. The Morgan fingerprint density at radius 3 is 3.12 bits per heavy atom. The molecular formula is C13H25N3O. The summed E-state index contributed by atoms with van der Waals surface area (Å²) in [5.74, 6) is 8.26. The van der Waals surface area contributed by atoms with Gasteiger partial charge in [-0.1, -0.05) is 6.92 Å². The van der Waals surface area contributed by atoms with E-state index in [1.54, 1.807) is 0 Å². The largest absolute Gasteiger partial charge is 0.374 e. The summed E-state index contributed by atoms with van der Waals surface area (Å²) in [4.78, 5) is 2.44. The van der Waals surface area contributed by atoms with Crippen molar-refractivity contribution in [3.8, 4) is 12.3 Å². The summed E-state index contributed by atoms with van der Waals surface area (Å²) in [7, 11) is 0. The van der Waals surface area contributed by atoms with Crippen molar-refractivity contribution in [2.75, 3.05) is 26.2 Å². The molecule has 0 radical (unpaired) electrons. The molecule has 1 fully saturated rings. The molecular weight excluding hydrogens is 214 g/mol. The maximum Gasteiger partial charge on any atom is 0.0868 e. The predicted octanol–water partition coefficient (Wildman–Crippen LogP) is 0.733. The predicted molar refractivity (Wildman–Crippen MR) is 70.3 cm³/mol. The maximum absolute atomic E-state index is 5.80. The van der Waals surface area contributed by atoms with Crippen molar-refractivity contribution in [3.63, 3.8) is 0 Å². The lowest BCUT2D eigenvalue weighted by Crippen LogP contribution is -2.54. The number of nitrogens with two attached hydrogens (primary N) is 1. The van der Waals surface area contributed by atoms with Crippen molar-refractivity contribution >= 4 is 0 Å². The minimum atomic E-state index is 0.193. The fourth-order valence-corrected chi connectivity index (χ4v) is 2.29. The van der Waals surface area contributed by atoms with Crippen molar-refractivity contribution in [1.82, 2.24) is 10.3 Å². The molecule has 2 atom stereocenters. The first-order valence-electron chi connectivity index (χ1n) is 6.55. The average Bonchev–Trinajstić information content (AvgIpc) is 2.35. The first-order chi connectivity index (χ1) is 8.31. The summed E-state index contributed by atoms with van der Waals surface area (Å²) in [6.07, 6.45) is 9.42. The molecule has 4 nitrogen and oxygen atoms in total. The Labute approximate surface area is 105 Å². The number of hydrogen-bond acceptors (Lipinski definition) is 4. The molecule has 1 rings (SSSR count). The van der Waals surface area contributed by atoms with Crippen LogP contribution >= 0.6 is 0 Å². The van der Waals surface area contributed by atoms with Crippen molar-refractivity contribution in [1.29, 1.82) is 0 Å². The van der Waals surface area contributed by atoms with E-state index in [9.17, 15) is 0 Å². The Bertz CT molecular complexity index is 237.